The summed E-state index contributed by atoms with van der Waals surface area (Å²) in [6.45, 7) is 0. The molecule has 0 amide bonds. The van der Waals surface area contributed by atoms with Gasteiger partial charge in [-0.05, 0) is 233 Å². The van der Waals surface area contributed by atoms with Crippen molar-refractivity contribution in [1.29, 1.82) is 0 Å². The van der Waals surface area contributed by atoms with Crippen LogP contribution in [0.15, 0.2) is 450 Å². The Morgan fingerprint density at radius 2 is 0.444 bits per heavy atom. The summed E-state index contributed by atoms with van der Waals surface area (Å²) in [7, 11) is 0. The third kappa shape index (κ3) is 16.0. The molecule has 0 aliphatic rings. The lowest BCUT2D eigenvalue weighted by Gasteiger charge is -2.27. The second-order valence-electron chi connectivity index (χ2n) is 26.1. The molecule has 0 atom stereocenters. The molecule has 0 aliphatic carbocycles. The van der Waals surface area contributed by atoms with Gasteiger partial charge in [0.2, 0.25) is 0 Å². The van der Waals surface area contributed by atoms with Crippen LogP contribution >= 0.6 is 47.8 Å². The Kier molecular flexibility index (Phi) is 19.5. The molecule has 18 rings (SSSR count). The number of halogens is 3. The van der Waals surface area contributed by atoms with E-state index in [-0.39, 0.29) is 29.7 Å². The van der Waals surface area contributed by atoms with Crippen LogP contribution in [0, 0.1) is 0 Å². The van der Waals surface area contributed by atoms with Gasteiger partial charge in [-0.3, -0.25) is 0 Å². The fourth-order valence-electron chi connectivity index (χ4n) is 13.8. The number of nitrogens with zero attached hydrogens (tertiary/aromatic N) is 3. The molecular weight excluding hydrogens is 1510 g/mol. The van der Waals surface area contributed by atoms with Gasteiger partial charge in [-0.1, -0.05) is 345 Å². The number of benzene rings is 18. The SMILES string of the molecule is Brc1ccc(-c2ccc(N(c3ccc(-c4ccccc4)cc3)c3ccc(-c4ccccc4)cc3)cc2)cc1.Brc1ccc(-c2ccc(N(c3ccccc3)c3ccc4c(ccc5ccccc54)c3)cc2)cc1.[2H]c1c([2H])c([2H])c(-c2ccc(N(c3ccc(-c4ccc(Br)cc4)cc3)c3cccc4ccccc34)cc2)c([2H])c1[2H]. The van der Waals surface area contributed by atoms with E-state index < -0.39 is 6.04 Å². The highest BCUT2D eigenvalue weighted by Crippen LogP contribution is 2.43. The molecule has 0 N–H and O–H groups in total. The van der Waals surface area contributed by atoms with Gasteiger partial charge in [-0.15, -0.1) is 0 Å². The predicted octanol–water partition coefficient (Wildman–Crippen LogP) is 31.2. The molecule has 0 spiro atoms. The van der Waals surface area contributed by atoms with Crippen LogP contribution in [0.3, 0.4) is 0 Å². The third-order valence-electron chi connectivity index (χ3n) is 19.3. The third-order valence-corrected chi connectivity index (χ3v) is 20.9. The number of hydrogen-bond donors (Lipinski definition) is 0. The second kappa shape index (κ2) is 32.9. The summed E-state index contributed by atoms with van der Waals surface area (Å²) in [4.78, 5) is 6.81. The lowest BCUT2D eigenvalue weighted by molar-refractivity contribution is 1.28. The molecule has 0 bridgehead atoms. The lowest BCUT2D eigenvalue weighted by atomic mass is 10.0. The Balaban J connectivity index is 0.000000128. The molecule has 0 unspecified atom stereocenters. The van der Waals surface area contributed by atoms with Crippen LogP contribution < -0.4 is 14.7 Å². The Bertz CT molecular complexity index is 6210. The van der Waals surface area contributed by atoms with E-state index in [4.69, 9.17) is 6.85 Å². The van der Waals surface area contributed by atoms with E-state index in [9.17, 15) is 0 Å². The Labute approximate surface area is 664 Å². The average Bonchev–Trinajstić information content (AvgIpc) is 0.779. The standard InChI is InChI=1S/C36H26BrN.C34H24BrN.C32H22BrN/c37-33-19-11-29(12-20-33)32-17-25-36(26-18-32)38(34-21-13-30(14-22-34)27-7-3-1-4-8-27)35-23-15-31(16-24-35)28-9-5-2-6-10-28;35-30-19-13-26(14-20-30)28-17-23-32(24-18-28)36(34-12-6-10-29-9-4-5-11-33(29)34)31-21-15-27(16-22-31)25-7-2-1-3-8-25;33-27-16-12-23(13-17-27)24-14-18-29(19-15-24)34(28-7-2-1-3-8-28)30-20-21-32-26(22-30)11-10-25-6-4-5-9-31(25)32/h1-26H;1-24H;1-22H/i;1D,2D,3D,7D,8D;. The average molecular weight is 1580 g/mol. The molecule has 0 aliphatic heterocycles. The van der Waals surface area contributed by atoms with Crippen molar-refractivity contribution in [2.75, 3.05) is 14.7 Å². The van der Waals surface area contributed by atoms with Crippen LogP contribution in [0.25, 0.3) is 99.1 Å². The highest BCUT2D eigenvalue weighted by molar-refractivity contribution is 9.11. The first-order valence-electron chi connectivity index (χ1n) is 38.3. The van der Waals surface area contributed by atoms with Crippen LogP contribution in [-0.4, -0.2) is 0 Å². The largest absolute Gasteiger partial charge is 0.311 e. The fraction of sp³-hybridized carbons (Fsp3) is 0. The van der Waals surface area contributed by atoms with E-state index in [2.05, 4.69) is 414 Å². The normalized spacial score (nSPS) is 11.6. The van der Waals surface area contributed by atoms with Gasteiger partial charge in [0.05, 0.1) is 12.5 Å². The minimum Gasteiger partial charge on any atom is -0.311 e. The van der Waals surface area contributed by atoms with Crippen molar-refractivity contribution in [2.24, 2.45) is 0 Å². The molecule has 0 fully saturated rings. The summed E-state index contributed by atoms with van der Waals surface area (Å²) in [6.07, 6.45) is 0. The van der Waals surface area contributed by atoms with Crippen molar-refractivity contribution >= 4 is 131 Å². The molecule has 3 nitrogen and oxygen atoms in total. The molecule has 18 aromatic rings. The van der Waals surface area contributed by atoms with Crippen molar-refractivity contribution in [3.05, 3.63) is 450 Å². The quantitative estimate of drug-likeness (QED) is 0.0947. The summed E-state index contributed by atoms with van der Waals surface area (Å²) in [5, 5.41) is 7.30. The van der Waals surface area contributed by atoms with E-state index in [1.807, 2.05) is 54.6 Å². The molecule has 516 valence electrons. The van der Waals surface area contributed by atoms with Gasteiger partial charge in [0, 0.05) is 64.3 Å². The van der Waals surface area contributed by atoms with Crippen LogP contribution in [0.2, 0.25) is 0 Å². The van der Waals surface area contributed by atoms with Gasteiger partial charge in [-0.2, -0.15) is 0 Å². The van der Waals surface area contributed by atoms with E-state index in [1.165, 1.54) is 66.1 Å². The molecule has 0 saturated carbocycles. The van der Waals surface area contributed by atoms with E-state index >= 15 is 0 Å². The van der Waals surface area contributed by atoms with Gasteiger partial charge in [-0.25, -0.2) is 0 Å². The number of anilines is 9. The Hall–Kier alpha value is -12.4. The zero-order chi connectivity index (χ0) is 77.3. The van der Waals surface area contributed by atoms with Gasteiger partial charge < -0.3 is 14.7 Å². The van der Waals surface area contributed by atoms with Crippen molar-refractivity contribution in [1.82, 2.24) is 0 Å². The summed E-state index contributed by atoms with van der Waals surface area (Å²) in [5.41, 5.74) is 22.3. The molecule has 18 aromatic carbocycles. The fourth-order valence-corrected chi connectivity index (χ4v) is 14.6. The summed E-state index contributed by atoms with van der Waals surface area (Å²) in [6, 6.07) is 141. The van der Waals surface area contributed by atoms with Crippen LogP contribution in [0.4, 0.5) is 51.2 Å². The Morgan fingerprint density at radius 1 is 0.176 bits per heavy atom. The van der Waals surface area contributed by atoms with Crippen LogP contribution in [-0.2, 0) is 0 Å². The number of hydrogen-bond acceptors (Lipinski definition) is 3. The van der Waals surface area contributed by atoms with E-state index in [0.29, 0.717) is 5.56 Å². The van der Waals surface area contributed by atoms with Crippen LogP contribution in [0.5, 0.6) is 0 Å². The maximum Gasteiger partial charge on any atom is 0.0629 e. The topological polar surface area (TPSA) is 9.72 Å². The molecule has 108 heavy (non-hydrogen) atoms. The van der Waals surface area contributed by atoms with Crippen molar-refractivity contribution in [2.45, 2.75) is 0 Å². The molecular formula is C102H72Br3N3. The highest BCUT2D eigenvalue weighted by atomic mass is 79.9. The molecule has 6 heteroatoms. The van der Waals surface area contributed by atoms with E-state index in [0.717, 1.165) is 86.5 Å². The number of para-hydroxylation sites is 1. The predicted molar refractivity (Wildman–Crippen MR) is 472 cm³/mol. The zero-order valence-electron chi connectivity index (χ0n) is 63.7. The second-order valence-corrected chi connectivity index (χ2v) is 28.8. The first-order chi connectivity index (χ1) is 55.3. The smallest absolute Gasteiger partial charge is 0.0629 e. The number of rotatable bonds is 15. The summed E-state index contributed by atoms with van der Waals surface area (Å²) < 4.78 is 44.0. The molecule has 0 radical (unpaired) electrons. The van der Waals surface area contributed by atoms with E-state index in [1.54, 1.807) is 0 Å². The van der Waals surface area contributed by atoms with Crippen molar-refractivity contribution in [3.8, 4) is 66.8 Å². The maximum atomic E-state index is 8.39. The highest BCUT2D eigenvalue weighted by Gasteiger charge is 2.19. The maximum absolute atomic E-state index is 8.39. The zero-order valence-corrected chi connectivity index (χ0v) is 63.4. The summed E-state index contributed by atoms with van der Waals surface area (Å²) >= 11 is 10.6. The minimum atomic E-state index is -0.394. The first kappa shape index (κ1) is 64.0. The monoisotopic (exact) mass is 1580 g/mol. The molecule has 0 aromatic heterocycles. The van der Waals surface area contributed by atoms with Gasteiger partial charge >= 0.3 is 0 Å². The molecule has 0 saturated heterocycles. The number of fused-ring (bicyclic) bond motifs is 4. The first-order valence-corrected chi connectivity index (χ1v) is 38.1. The van der Waals surface area contributed by atoms with Gasteiger partial charge in [0.1, 0.15) is 0 Å². The van der Waals surface area contributed by atoms with Crippen molar-refractivity contribution in [3.63, 3.8) is 0 Å². The molecule has 0 heterocycles. The van der Waals surface area contributed by atoms with Gasteiger partial charge in [0.15, 0.2) is 0 Å². The summed E-state index contributed by atoms with van der Waals surface area (Å²) in [5.74, 6) is 0. The minimum absolute atomic E-state index is 0.193. The Morgan fingerprint density at radius 3 is 0.852 bits per heavy atom. The lowest BCUT2D eigenvalue weighted by Crippen LogP contribution is -2.10. The van der Waals surface area contributed by atoms with Crippen molar-refractivity contribution < 1.29 is 6.85 Å². The van der Waals surface area contributed by atoms with Crippen LogP contribution in [0.1, 0.15) is 6.85 Å². The van der Waals surface area contributed by atoms with Gasteiger partial charge in [0.25, 0.3) is 0 Å².